The number of thioether (sulfide) groups is 1. The van der Waals surface area contributed by atoms with Crippen LogP contribution in [-0.4, -0.2) is 23.6 Å². The number of benzene rings is 4. The van der Waals surface area contributed by atoms with Crippen molar-refractivity contribution >= 4 is 39.7 Å². The second-order valence-corrected chi connectivity index (χ2v) is 10.5. The summed E-state index contributed by atoms with van der Waals surface area (Å²) in [5.74, 6) is 0.654. The Hall–Kier alpha value is -4.36. The summed E-state index contributed by atoms with van der Waals surface area (Å²) in [5.41, 5.74) is 6.88. The molecule has 0 N–H and O–H groups in total. The maximum atomic E-state index is 12.8. The van der Waals surface area contributed by atoms with Gasteiger partial charge in [-0.3, -0.25) is 4.79 Å². The van der Waals surface area contributed by atoms with Gasteiger partial charge in [-0.2, -0.15) is 10.2 Å². The number of nitrogens with zero attached hydrogens (tertiary/aromatic N) is 4. The number of Topliss-reactive ketones (excluding diaryl/α,β-unsaturated/α-hetero) is 1. The highest BCUT2D eigenvalue weighted by Gasteiger charge is 2.55. The highest BCUT2D eigenvalue weighted by molar-refractivity contribution is 8.17. The molecule has 1 unspecified atom stereocenters. The summed E-state index contributed by atoms with van der Waals surface area (Å²) in [6.07, 6.45) is 0.973. The van der Waals surface area contributed by atoms with Gasteiger partial charge < -0.3 is 4.74 Å². The van der Waals surface area contributed by atoms with E-state index in [1.54, 1.807) is 14.0 Å². The van der Waals surface area contributed by atoms with Crippen molar-refractivity contribution in [2.24, 2.45) is 10.2 Å². The van der Waals surface area contributed by atoms with E-state index < -0.39 is 4.99 Å². The molecule has 0 amide bonds. The number of carbonyl (C=O) groups is 1. The number of para-hydroxylation sites is 1. The average Bonchev–Trinajstić information content (AvgIpc) is 3.39. The molecule has 0 aromatic heterocycles. The van der Waals surface area contributed by atoms with Crippen LogP contribution in [0.5, 0.6) is 5.75 Å². The lowest BCUT2D eigenvalue weighted by molar-refractivity contribution is -0.110. The van der Waals surface area contributed by atoms with Gasteiger partial charge in [-0.1, -0.05) is 73.7 Å². The molecule has 6 nitrogen and oxygen atoms in total. The van der Waals surface area contributed by atoms with Crippen LogP contribution in [0.2, 0.25) is 0 Å². The molecular weight excluding hydrogens is 504 g/mol. The number of anilines is 2. The molecule has 0 saturated heterocycles. The van der Waals surface area contributed by atoms with Gasteiger partial charge in [0, 0.05) is 23.6 Å². The van der Waals surface area contributed by atoms with E-state index in [1.165, 1.54) is 17.3 Å². The summed E-state index contributed by atoms with van der Waals surface area (Å²) < 4.78 is 5.41. The molecule has 2 aliphatic heterocycles. The van der Waals surface area contributed by atoms with Gasteiger partial charge in [-0.25, -0.2) is 10.0 Å². The van der Waals surface area contributed by atoms with Gasteiger partial charge in [0.15, 0.2) is 10.8 Å². The summed E-state index contributed by atoms with van der Waals surface area (Å²) in [5, 5.41) is 14.6. The molecule has 194 valence electrons. The first-order valence-electron chi connectivity index (χ1n) is 12.9. The van der Waals surface area contributed by atoms with Gasteiger partial charge in [-0.05, 0) is 60.1 Å². The average molecular weight is 533 g/mol. The van der Waals surface area contributed by atoms with Crippen molar-refractivity contribution in [3.8, 4) is 5.75 Å². The van der Waals surface area contributed by atoms with Gasteiger partial charge in [-0.15, -0.1) is 0 Å². The van der Waals surface area contributed by atoms with Crippen molar-refractivity contribution in [3.05, 3.63) is 125 Å². The number of hydrogen-bond donors (Lipinski definition) is 0. The standard InChI is InChI=1S/C32H28N4O2S/c1-4-23-14-16-24(17-15-23)30-28-12-8-9-13-29(28)32(35(33-30)25-10-6-5-7-11-25)36(34-31(39-32)22(2)37)26-18-20-27(38-3)21-19-26/h5-21H,4H2,1-3H3. The number of carbonyl (C=O) groups excluding carboxylic acids is 1. The summed E-state index contributed by atoms with van der Waals surface area (Å²) in [4.78, 5) is 11.8. The van der Waals surface area contributed by atoms with Crippen molar-refractivity contribution in [1.29, 1.82) is 0 Å². The Bertz CT molecular complexity index is 1580. The van der Waals surface area contributed by atoms with Crippen LogP contribution in [0, 0.1) is 0 Å². The monoisotopic (exact) mass is 532 g/mol. The lowest BCUT2D eigenvalue weighted by atomic mass is 9.92. The molecule has 4 aromatic carbocycles. The molecule has 1 atom stereocenters. The number of aryl methyl sites for hydroxylation is 1. The Morgan fingerprint density at radius 3 is 2.13 bits per heavy atom. The SMILES string of the molecule is CCc1ccc(C2=NN(c3ccccc3)C3(SC(C(C)=O)=NN3c3ccc(OC)cc3)c3ccccc32)cc1. The predicted octanol–water partition coefficient (Wildman–Crippen LogP) is 6.80. The fourth-order valence-electron chi connectivity index (χ4n) is 4.98. The van der Waals surface area contributed by atoms with Crippen molar-refractivity contribution < 1.29 is 9.53 Å². The number of ketones is 1. The van der Waals surface area contributed by atoms with E-state index in [4.69, 9.17) is 14.9 Å². The number of hydrazone groups is 2. The molecule has 0 aliphatic carbocycles. The highest BCUT2D eigenvalue weighted by atomic mass is 32.2. The molecule has 0 radical (unpaired) electrons. The lowest BCUT2D eigenvalue weighted by Crippen LogP contribution is -2.54. The van der Waals surface area contributed by atoms with Crippen LogP contribution in [0.1, 0.15) is 36.1 Å². The number of ether oxygens (including phenoxy) is 1. The van der Waals surface area contributed by atoms with Gasteiger partial charge >= 0.3 is 0 Å². The number of hydrogen-bond acceptors (Lipinski definition) is 7. The van der Waals surface area contributed by atoms with Crippen LogP contribution in [-0.2, 0) is 16.2 Å². The maximum Gasteiger partial charge on any atom is 0.234 e. The quantitative estimate of drug-likeness (QED) is 0.273. The molecule has 7 heteroatoms. The van der Waals surface area contributed by atoms with E-state index in [1.807, 2.05) is 76.7 Å². The van der Waals surface area contributed by atoms with Crippen molar-refractivity contribution in [1.82, 2.24) is 0 Å². The Balaban J connectivity index is 1.62. The van der Waals surface area contributed by atoms with E-state index in [-0.39, 0.29) is 5.78 Å². The first kappa shape index (κ1) is 24.9. The minimum atomic E-state index is -0.972. The Morgan fingerprint density at radius 1 is 0.821 bits per heavy atom. The predicted molar refractivity (Wildman–Crippen MR) is 160 cm³/mol. The zero-order valence-corrected chi connectivity index (χ0v) is 22.9. The van der Waals surface area contributed by atoms with E-state index in [0.29, 0.717) is 5.04 Å². The first-order valence-corrected chi connectivity index (χ1v) is 13.7. The molecule has 2 heterocycles. The van der Waals surface area contributed by atoms with Crippen molar-refractivity contribution in [2.75, 3.05) is 17.1 Å². The molecule has 1 spiro atoms. The topological polar surface area (TPSA) is 57.5 Å². The molecule has 0 fully saturated rings. The molecule has 0 saturated carbocycles. The van der Waals surface area contributed by atoms with E-state index >= 15 is 0 Å². The van der Waals surface area contributed by atoms with Crippen LogP contribution in [0.15, 0.2) is 113 Å². The van der Waals surface area contributed by atoms with Gasteiger partial charge in [0.25, 0.3) is 0 Å². The third-order valence-electron chi connectivity index (χ3n) is 6.99. The van der Waals surface area contributed by atoms with Gasteiger partial charge in [0.05, 0.1) is 24.2 Å². The maximum absolute atomic E-state index is 12.8. The largest absolute Gasteiger partial charge is 0.497 e. The Kier molecular flexibility index (Phi) is 6.45. The summed E-state index contributed by atoms with van der Waals surface area (Å²) >= 11 is 1.42. The third kappa shape index (κ3) is 4.19. The second-order valence-electron chi connectivity index (χ2n) is 9.37. The normalized spacial score (nSPS) is 18.0. The number of fused-ring (bicyclic) bond motifs is 2. The summed E-state index contributed by atoms with van der Waals surface area (Å²) in [6.45, 7) is 3.71. The zero-order valence-electron chi connectivity index (χ0n) is 22.0. The smallest absolute Gasteiger partial charge is 0.234 e. The Labute approximate surface area is 232 Å². The first-order chi connectivity index (χ1) is 19.0. The van der Waals surface area contributed by atoms with E-state index in [9.17, 15) is 4.79 Å². The minimum absolute atomic E-state index is 0.0918. The molecular formula is C32H28N4O2S. The van der Waals surface area contributed by atoms with Crippen LogP contribution in [0.3, 0.4) is 0 Å². The van der Waals surface area contributed by atoms with Crippen LogP contribution < -0.4 is 14.8 Å². The number of rotatable bonds is 6. The molecule has 2 aliphatic rings. The third-order valence-corrected chi connectivity index (χ3v) is 8.40. The molecule has 4 aromatic rings. The second kappa shape index (κ2) is 10.1. The van der Waals surface area contributed by atoms with Crippen LogP contribution in [0.25, 0.3) is 0 Å². The van der Waals surface area contributed by atoms with E-state index in [2.05, 4.69) is 43.3 Å². The minimum Gasteiger partial charge on any atom is -0.497 e. The fraction of sp³-hybridized carbons (Fsp3) is 0.156. The summed E-state index contributed by atoms with van der Waals surface area (Å²) in [6, 6.07) is 34.7. The highest BCUT2D eigenvalue weighted by Crippen LogP contribution is 2.55. The van der Waals surface area contributed by atoms with Crippen LogP contribution >= 0.6 is 11.8 Å². The molecule has 0 bridgehead atoms. The van der Waals surface area contributed by atoms with Gasteiger partial charge in [0.1, 0.15) is 5.75 Å². The van der Waals surface area contributed by atoms with Crippen LogP contribution in [0.4, 0.5) is 11.4 Å². The van der Waals surface area contributed by atoms with Crippen molar-refractivity contribution in [2.45, 2.75) is 25.3 Å². The zero-order chi connectivity index (χ0) is 27.0. The molecule has 39 heavy (non-hydrogen) atoms. The summed E-state index contributed by atoms with van der Waals surface area (Å²) in [7, 11) is 1.64. The number of methoxy groups -OCH3 is 1. The van der Waals surface area contributed by atoms with Gasteiger partial charge in [0.2, 0.25) is 4.99 Å². The van der Waals surface area contributed by atoms with Crippen molar-refractivity contribution in [3.63, 3.8) is 0 Å². The fourth-order valence-corrected chi connectivity index (χ4v) is 6.27. The van der Waals surface area contributed by atoms with E-state index in [0.717, 1.165) is 45.9 Å². The molecule has 6 rings (SSSR count). The Morgan fingerprint density at radius 2 is 1.46 bits per heavy atom. The lowest BCUT2D eigenvalue weighted by Gasteiger charge is -2.47.